The zero-order valence-corrected chi connectivity index (χ0v) is 15.0. The highest BCUT2D eigenvalue weighted by Gasteiger charge is 2.40. The van der Waals surface area contributed by atoms with Gasteiger partial charge in [0.05, 0.1) is 37.6 Å². The van der Waals surface area contributed by atoms with Crippen LogP contribution >= 0.6 is 0 Å². The van der Waals surface area contributed by atoms with Crippen LogP contribution in [0.3, 0.4) is 0 Å². The van der Waals surface area contributed by atoms with Crippen LogP contribution in [0.5, 0.6) is 0 Å². The lowest BCUT2D eigenvalue weighted by atomic mass is 9.75. The van der Waals surface area contributed by atoms with Crippen molar-refractivity contribution in [1.82, 2.24) is 0 Å². The van der Waals surface area contributed by atoms with Crippen molar-refractivity contribution in [3.8, 4) is 0 Å². The first kappa shape index (κ1) is 20.5. The molecule has 0 unspecified atom stereocenters. The summed E-state index contributed by atoms with van der Waals surface area (Å²) >= 11 is 0. The van der Waals surface area contributed by atoms with Crippen LogP contribution in [0.2, 0.25) is 0 Å². The number of rotatable bonds is 9. The van der Waals surface area contributed by atoms with E-state index in [0.717, 1.165) is 19.3 Å². The summed E-state index contributed by atoms with van der Waals surface area (Å²) in [5.74, 6) is -2.37. The summed E-state index contributed by atoms with van der Waals surface area (Å²) in [6.45, 7) is 6.82. The fourth-order valence-corrected chi connectivity index (χ4v) is 2.86. The SMILES string of the molecule is CCCOC(=O)C1CC(C(=O)OCCC)CC(C(=O)OCCC)C1. The molecular weight excluding hydrogens is 312 g/mol. The quantitative estimate of drug-likeness (QED) is 0.473. The van der Waals surface area contributed by atoms with Gasteiger partial charge in [-0.25, -0.2) is 0 Å². The summed E-state index contributed by atoms with van der Waals surface area (Å²) < 4.78 is 15.6. The highest BCUT2D eigenvalue weighted by molar-refractivity contribution is 5.80. The molecule has 0 heterocycles. The van der Waals surface area contributed by atoms with Crippen molar-refractivity contribution in [1.29, 1.82) is 0 Å². The molecule has 1 fully saturated rings. The van der Waals surface area contributed by atoms with E-state index in [1.165, 1.54) is 0 Å². The largest absolute Gasteiger partial charge is 0.465 e. The summed E-state index contributed by atoms with van der Waals surface area (Å²) in [4.78, 5) is 36.6. The third-order valence-electron chi connectivity index (χ3n) is 4.05. The van der Waals surface area contributed by atoms with Crippen LogP contribution in [0.15, 0.2) is 0 Å². The molecule has 0 aromatic heterocycles. The first-order valence-corrected chi connectivity index (χ1v) is 9.03. The number of ether oxygens (including phenoxy) is 3. The molecule has 0 saturated heterocycles. The van der Waals surface area contributed by atoms with E-state index in [1.54, 1.807) is 0 Å². The zero-order valence-electron chi connectivity index (χ0n) is 15.0. The third kappa shape index (κ3) is 6.49. The van der Waals surface area contributed by atoms with Gasteiger partial charge in [-0.2, -0.15) is 0 Å². The normalized spacial score (nSPS) is 23.4. The minimum atomic E-state index is -0.455. The Hall–Kier alpha value is -1.59. The summed E-state index contributed by atoms with van der Waals surface area (Å²) in [5, 5.41) is 0. The van der Waals surface area contributed by atoms with Crippen molar-refractivity contribution in [3.63, 3.8) is 0 Å². The summed E-state index contributed by atoms with van der Waals surface area (Å²) in [6, 6.07) is 0. The average Bonchev–Trinajstić information content (AvgIpc) is 2.61. The summed E-state index contributed by atoms with van der Waals surface area (Å²) in [7, 11) is 0. The van der Waals surface area contributed by atoms with E-state index < -0.39 is 17.8 Å². The smallest absolute Gasteiger partial charge is 0.308 e. The van der Waals surface area contributed by atoms with Crippen molar-refractivity contribution in [2.45, 2.75) is 59.3 Å². The van der Waals surface area contributed by atoms with Gasteiger partial charge < -0.3 is 14.2 Å². The molecule has 0 aromatic rings. The lowest BCUT2D eigenvalue weighted by molar-refractivity contribution is -0.160. The highest BCUT2D eigenvalue weighted by Crippen LogP contribution is 2.35. The topological polar surface area (TPSA) is 78.9 Å². The number of esters is 3. The van der Waals surface area contributed by atoms with Gasteiger partial charge >= 0.3 is 17.9 Å². The van der Waals surface area contributed by atoms with E-state index in [-0.39, 0.29) is 17.9 Å². The van der Waals surface area contributed by atoms with Crippen LogP contribution in [-0.4, -0.2) is 37.7 Å². The van der Waals surface area contributed by atoms with Gasteiger partial charge in [-0.05, 0) is 38.5 Å². The van der Waals surface area contributed by atoms with E-state index in [4.69, 9.17) is 14.2 Å². The third-order valence-corrected chi connectivity index (χ3v) is 4.05. The van der Waals surface area contributed by atoms with Gasteiger partial charge in [0.1, 0.15) is 0 Å². The molecule has 24 heavy (non-hydrogen) atoms. The summed E-state index contributed by atoms with van der Waals surface area (Å²) in [5.41, 5.74) is 0. The minimum Gasteiger partial charge on any atom is -0.465 e. The van der Waals surface area contributed by atoms with E-state index in [0.29, 0.717) is 39.1 Å². The molecule has 0 N–H and O–H groups in total. The van der Waals surface area contributed by atoms with Gasteiger partial charge in [-0.3, -0.25) is 14.4 Å². The first-order valence-electron chi connectivity index (χ1n) is 9.03. The molecule has 0 aromatic carbocycles. The number of hydrogen-bond acceptors (Lipinski definition) is 6. The zero-order chi connectivity index (χ0) is 17.9. The first-order chi connectivity index (χ1) is 11.5. The maximum Gasteiger partial charge on any atom is 0.308 e. The van der Waals surface area contributed by atoms with Crippen molar-refractivity contribution >= 4 is 17.9 Å². The summed E-state index contributed by atoms with van der Waals surface area (Å²) in [6.07, 6.45) is 3.35. The van der Waals surface area contributed by atoms with E-state index in [1.807, 2.05) is 20.8 Å². The maximum absolute atomic E-state index is 12.2. The minimum absolute atomic E-state index is 0.335. The molecule has 138 valence electrons. The Morgan fingerprint density at radius 2 is 0.875 bits per heavy atom. The molecule has 0 atom stereocenters. The van der Waals surface area contributed by atoms with Crippen LogP contribution in [0.4, 0.5) is 0 Å². The second kappa shape index (κ2) is 11.0. The fraction of sp³-hybridized carbons (Fsp3) is 0.833. The van der Waals surface area contributed by atoms with Crippen LogP contribution in [0.1, 0.15) is 59.3 Å². The molecular formula is C18H30O6. The number of carbonyl (C=O) groups is 3. The molecule has 1 saturated carbocycles. The molecule has 0 radical (unpaired) electrons. The molecule has 0 amide bonds. The van der Waals surface area contributed by atoms with Crippen molar-refractivity contribution < 1.29 is 28.6 Å². The Morgan fingerprint density at radius 1 is 0.625 bits per heavy atom. The maximum atomic E-state index is 12.2. The number of hydrogen-bond donors (Lipinski definition) is 0. The van der Waals surface area contributed by atoms with Crippen LogP contribution in [0.25, 0.3) is 0 Å². The monoisotopic (exact) mass is 342 g/mol. The Morgan fingerprint density at radius 3 is 1.08 bits per heavy atom. The Bertz CT molecular complexity index is 352. The Labute approximate surface area is 144 Å². The second-order valence-electron chi connectivity index (χ2n) is 6.30. The molecule has 0 aliphatic heterocycles. The van der Waals surface area contributed by atoms with Crippen LogP contribution in [0, 0.1) is 17.8 Å². The van der Waals surface area contributed by atoms with Gasteiger partial charge in [0.2, 0.25) is 0 Å². The molecule has 6 heteroatoms. The van der Waals surface area contributed by atoms with Crippen molar-refractivity contribution in [3.05, 3.63) is 0 Å². The van der Waals surface area contributed by atoms with Gasteiger partial charge in [-0.15, -0.1) is 0 Å². The molecule has 1 aliphatic rings. The average molecular weight is 342 g/mol. The highest BCUT2D eigenvalue weighted by atomic mass is 16.5. The molecule has 0 bridgehead atoms. The van der Waals surface area contributed by atoms with Crippen LogP contribution < -0.4 is 0 Å². The molecule has 1 aliphatic carbocycles. The van der Waals surface area contributed by atoms with Gasteiger partial charge in [0, 0.05) is 0 Å². The molecule has 6 nitrogen and oxygen atoms in total. The van der Waals surface area contributed by atoms with Crippen molar-refractivity contribution in [2.75, 3.05) is 19.8 Å². The predicted molar refractivity (Wildman–Crippen MR) is 88.1 cm³/mol. The van der Waals surface area contributed by atoms with E-state index >= 15 is 0 Å². The molecule has 0 spiro atoms. The Kier molecular flexibility index (Phi) is 9.42. The van der Waals surface area contributed by atoms with Crippen molar-refractivity contribution in [2.24, 2.45) is 17.8 Å². The standard InChI is InChI=1S/C18H30O6/c1-4-7-22-16(19)13-10-14(17(20)23-8-5-2)12-15(11-13)18(21)24-9-6-3/h13-15H,4-12H2,1-3H3. The van der Waals surface area contributed by atoms with Crippen LogP contribution in [-0.2, 0) is 28.6 Å². The predicted octanol–water partition coefficient (Wildman–Crippen LogP) is 2.88. The second-order valence-corrected chi connectivity index (χ2v) is 6.30. The van der Waals surface area contributed by atoms with Gasteiger partial charge in [-0.1, -0.05) is 20.8 Å². The lowest BCUT2D eigenvalue weighted by Gasteiger charge is -2.31. The lowest BCUT2D eigenvalue weighted by Crippen LogP contribution is -2.37. The van der Waals surface area contributed by atoms with Gasteiger partial charge in [0.25, 0.3) is 0 Å². The Balaban J connectivity index is 2.75. The number of carbonyl (C=O) groups excluding carboxylic acids is 3. The van der Waals surface area contributed by atoms with Gasteiger partial charge in [0.15, 0.2) is 0 Å². The van der Waals surface area contributed by atoms with E-state index in [9.17, 15) is 14.4 Å². The van der Waals surface area contributed by atoms with E-state index in [2.05, 4.69) is 0 Å². The fourth-order valence-electron chi connectivity index (χ4n) is 2.86. The molecule has 1 rings (SSSR count).